The van der Waals surface area contributed by atoms with Gasteiger partial charge in [0.05, 0.1) is 11.2 Å². The van der Waals surface area contributed by atoms with Gasteiger partial charge in [-0.15, -0.1) is 21.5 Å². The Balaban J connectivity index is 0.000000704. The van der Waals surface area contributed by atoms with Gasteiger partial charge in [0.1, 0.15) is 4.83 Å². The van der Waals surface area contributed by atoms with Crippen LogP contribution >= 0.6 is 11.3 Å². The summed E-state index contributed by atoms with van der Waals surface area (Å²) >= 11 is 1.19. The highest BCUT2D eigenvalue weighted by Gasteiger charge is 2.38. The molecule has 0 saturated heterocycles. The van der Waals surface area contributed by atoms with Gasteiger partial charge in [-0.3, -0.25) is 4.40 Å². The molecule has 0 radical (unpaired) electrons. The van der Waals surface area contributed by atoms with Gasteiger partial charge in [0.15, 0.2) is 5.65 Å². The number of halogens is 3. The molecule has 108 valence electrons. The van der Waals surface area contributed by atoms with E-state index < -0.39 is 12.0 Å². The molecule has 0 amide bonds. The quantitative estimate of drug-likeness (QED) is 0.683. The van der Waals surface area contributed by atoms with Crippen molar-refractivity contribution in [3.05, 3.63) is 23.0 Å². The van der Waals surface area contributed by atoms with Crippen molar-refractivity contribution in [1.29, 1.82) is 0 Å². The van der Waals surface area contributed by atoms with Crippen LogP contribution < -0.4 is 0 Å². The van der Waals surface area contributed by atoms with Gasteiger partial charge in [0.25, 0.3) is 0 Å². The molecule has 0 aromatic carbocycles. The van der Waals surface area contributed by atoms with E-state index in [0.717, 1.165) is 4.40 Å². The van der Waals surface area contributed by atoms with E-state index in [2.05, 4.69) is 15.2 Å². The molecule has 0 spiro atoms. The summed E-state index contributed by atoms with van der Waals surface area (Å²) in [7, 11) is 0. The number of nitrogens with zero attached hydrogens (tertiary/aromatic N) is 4. The number of thiophene rings is 1. The zero-order valence-electron chi connectivity index (χ0n) is 11.2. The van der Waals surface area contributed by atoms with Crippen molar-refractivity contribution in [2.24, 2.45) is 0 Å². The molecule has 8 heteroatoms. The predicted molar refractivity (Wildman–Crippen MR) is 71.9 cm³/mol. The number of alkyl halides is 3. The van der Waals surface area contributed by atoms with Crippen molar-refractivity contribution in [1.82, 2.24) is 19.6 Å². The summed E-state index contributed by atoms with van der Waals surface area (Å²) in [6, 6.07) is 1.69. The summed E-state index contributed by atoms with van der Waals surface area (Å²) in [6.07, 6.45) is -4.02. The Kier molecular flexibility index (Phi) is 3.94. The van der Waals surface area contributed by atoms with Crippen LogP contribution in [0.1, 0.15) is 32.3 Å². The lowest BCUT2D eigenvalue weighted by Gasteiger charge is -2.06. The molecule has 3 heterocycles. The monoisotopic (exact) mass is 302 g/mol. The average molecular weight is 302 g/mol. The molecule has 0 fully saturated rings. The third-order valence-corrected chi connectivity index (χ3v) is 3.48. The Morgan fingerprint density at radius 1 is 1.25 bits per heavy atom. The number of rotatable bonds is 1. The van der Waals surface area contributed by atoms with E-state index in [1.807, 2.05) is 20.8 Å². The lowest BCUT2D eigenvalue weighted by molar-refractivity contribution is -0.145. The van der Waals surface area contributed by atoms with E-state index in [0.29, 0.717) is 22.5 Å². The molecule has 20 heavy (non-hydrogen) atoms. The van der Waals surface area contributed by atoms with Crippen LogP contribution in [0.3, 0.4) is 0 Å². The Morgan fingerprint density at radius 3 is 2.55 bits per heavy atom. The van der Waals surface area contributed by atoms with Crippen LogP contribution in [0.25, 0.3) is 16.0 Å². The smallest absolute Gasteiger partial charge is 0.259 e. The van der Waals surface area contributed by atoms with Gasteiger partial charge in [0.2, 0.25) is 5.82 Å². The summed E-state index contributed by atoms with van der Waals surface area (Å²) in [5.74, 6) is -0.998. The topological polar surface area (TPSA) is 43.1 Å². The van der Waals surface area contributed by atoms with Crippen LogP contribution in [0.15, 0.2) is 11.4 Å². The molecule has 0 bridgehead atoms. The minimum atomic E-state index is -4.53. The number of fused-ring (bicyclic) bond motifs is 3. The Bertz CT molecular complexity index is 729. The molecular weight excluding hydrogens is 289 g/mol. The maximum Gasteiger partial charge on any atom is 0.452 e. The first-order valence-electron chi connectivity index (χ1n) is 6.20. The molecule has 4 nitrogen and oxygen atoms in total. The highest BCUT2D eigenvalue weighted by atomic mass is 32.1. The molecule has 3 aromatic rings. The average Bonchev–Trinajstić information content (AvgIpc) is 3.04. The number of hydrogen-bond donors (Lipinski definition) is 0. The molecule has 0 aliphatic rings. The number of aryl methyl sites for hydroxylation is 1. The van der Waals surface area contributed by atoms with Crippen molar-refractivity contribution in [3.8, 4) is 0 Å². The van der Waals surface area contributed by atoms with Crippen molar-refractivity contribution in [2.45, 2.75) is 33.4 Å². The first-order chi connectivity index (χ1) is 9.52. The highest BCUT2D eigenvalue weighted by Crippen LogP contribution is 2.32. The minimum Gasteiger partial charge on any atom is -0.259 e. The third kappa shape index (κ3) is 2.24. The van der Waals surface area contributed by atoms with Gasteiger partial charge in [-0.05, 0) is 17.9 Å². The maximum atomic E-state index is 12.9. The van der Waals surface area contributed by atoms with Crippen LogP contribution in [-0.2, 0) is 12.6 Å². The predicted octanol–water partition coefficient (Wildman–Crippen LogP) is 3.95. The summed E-state index contributed by atoms with van der Waals surface area (Å²) in [5.41, 5.74) is 1.23. The second kappa shape index (κ2) is 5.35. The first kappa shape index (κ1) is 14.7. The van der Waals surface area contributed by atoms with Crippen LogP contribution in [-0.4, -0.2) is 19.6 Å². The van der Waals surface area contributed by atoms with Crippen molar-refractivity contribution < 1.29 is 13.2 Å². The fourth-order valence-corrected chi connectivity index (χ4v) is 2.67. The fraction of sp³-hybridized carbons (Fsp3) is 0.417. The lowest BCUT2D eigenvalue weighted by Crippen LogP contribution is -2.11. The third-order valence-electron chi connectivity index (χ3n) is 2.59. The van der Waals surface area contributed by atoms with Crippen molar-refractivity contribution in [3.63, 3.8) is 0 Å². The van der Waals surface area contributed by atoms with Crippen molar-refractivity contribution in [2.75, 3.05) is 0 Å². The van der Waals surface area contributed by atoms with E-state index in [1.165, 1.54) is 11.3 Å². The highest BCUT2D eigenvalue weighted by molar-refractivity contribution is 7.16. The maximum absolute atomic E-state index is 12.9. The van der Waals surface area contributed by atoms with Crippen LogP contribution in [0, 0.1) is 0 Å². The largest absolute Gasteiger partial charge is 0.452 e. The second-order valence-electron chi connectivity index (χ2n) is 3.70. The summed E-state index contributed by atoms with van der Waals surface area (Å²) in [5, 5.41) is 8.59. The molecule has 0 saturated carbocycles. The van der Waals surface area contributed by atoms with Crippen LogP contribution in [0.4, 0.5) is 13.2 Å². The van der Waals surface area contributed by atoms with Crippen LogP contribution in [0.2, 0.25) is 0 Å². The fourth-order valence-electron chi connectivity index (χ4n) is 1.83. The zero-order valence-corrected chi connectivity index (χ0v) is 12.0. The molecule has 0 aliphatic heterocycles. The Hall–Kier alpha value is -1.70. The van der Waals surface area contributed by atoms with E-state index >= 15 is 0 Å². The first-order valence-corrected chi connectivity index (χ1v) is 7.08. The molecule has 3 rings (SSSR count). The van der Waals surface area contributed by atoms with Gasteiger partial charge in [-0.1, -0.05) is 20.8 Å². The van der Waals surface area contributed by atoms with E-state index in [9.17, 15) is 13.2 Å². The molecule has 0 unspecified atom stereocenters. The van der Waals surface area contributed by atoms with Crippen molar-refractivity contribution >= 4 is 27.3 Å². The van der Waals surface area contributed by atoms with Gasteiger partial charge in [-0.2, -0.15) is 13.2 Å². The summed E-state index contributed by atoms with van der Waals surface area (Å²) in [6.45, 7) is 5.82. The summed E-state index contributed by atoms with van der Waals surface area (Å²) in [4.78, 5) is 4.71. The zero-order chi connectivity index (χ0) is 14.9. The van der Waals surface area contributed by atoms with E-state index in [1.54, 1.807) is 11.4 Å². The van der Waals surface area contributed by atoms with E-state index in [-0.39, 0.29) is 5.65 Å². The minimum absolute atomic E-state index is 0.180. The summed E-state index contributed by atoms with van der Waals surface area (Å²) < 4.78 is 39.7. The van der Waals surface area contributed by atoms with Crippen LogP contribution in [0.5, 0.6) is 0 Å². The van der Waals surface area contributed by atoms with E-state index in [4.69, 9.17) is 0 Å². The molecule has 0 aliphatic carbocycles. The molecule has 0 N–H and O–H groups in total. The number of hydrogen-bond acceptors (Lipinski definition) is 4. The normalized spacial score (nSPS) is 11.7. The molecular formula is C12H13F3N4S. The Labute approximate surface area is 117 Å². The SMILES string of the molecule is CC.CCc1nc2ccsc2n2c(C(F)(F)F)nnc12. The lowest BCUT2D eigenvalue weighted by atomic mass is 10.3. The molecule has 3 aromatic heterocycles. The Morgan fingerprint density at radius 2 is 1.95 bits per heavy atom. The number of aromatic nitrogens is 4. The van der Waals surface area contributed by atoms with Gasteiger partial charge < -0.3 is 0 Å². The van der Waals surface area contributed by atoms with Gasteiger partial charge in [0, 0.05) is 0 Å². The van der Waals surface area contributed by atoms with Gasteiger partial charge >= 0.3 is 6.18 Å². The standard InChI is InChI=1S/C10H7F3N4S.C2H6/c1-2-5-7-15-16-9(10(11,12)13)17(7)8-6(14-5)3-4-18-8;1-2/h3-4H,2H2,1H3;1-2H3. The molecule has 0 atom stereocenters. The van der Waals surface area contributed by atoms with Gasteiger partial charge in [-0.25, -0.2) is 4.98 Å². The second-order valence-corrected chi connectivity index (χ2v) is 4.60.